The minimum absolute atomic E-state index is 0.0763. The Morgan fingerprint density at radius 2 is 2.13 bits per heavy atom. The molecule has 4 heterocycles. The molecule has 0 saturated carbocycles. The maximum absolute atomic E-state index is 12.8. The van der Waals surface area contributed by atoms with Gasteiger partial charge in [-0.15, -0.1) is 0 Å². The van der Waals surface area contributed by atoms with Gasteiger partial charge in [0.1, 0.15) is 6.04 Å². The lowest BCUT2D eigenvalue weighted by atomic mass is 9.76. The van der Waals surface area contributed by atoms with Gasteiger partial charge in [0.05, 0.1) is 24.7 Å². The van der Waals surface area contributed by atoms with Gasteiger partial charge in [-0.2, -0.15) is 0 Å². The minimum Gasteiger partial charge on any atom is -0.368 e. The summed E-state index contributed by atoms with van der Waals surface area (Å²) in [5, 5.41) is 0. The van der Waals surface area contributed by atoms with Crippen molar-refractivity contribution < 1.29 is 19.1 Å². The number of hydrogen-bond acceptors (Lipinski definition) is 5. The molecule has 2 N–H and O–H groups in total. The second kappa shape index (κ2) is 4.43. The highest BCUT2D eigenvalue weighted by Gasteiger charge is 2.63. The Balaban J connectivity index is 1.70. The first-order valence-corrected chi connectivity index (χ1v) is 7.81. The van der Waals surface area contributed by atoms with Crippen molar-refractivity contribution in [3.05, 3.63) is 41.6 Å². The summed E-state index contributed by atoms with van der Waals surface area (Å²) in [7, 11) is 0. The number of ether oxygens (including phenoxy) is 2. The Bertz CT molecular complexity index is 746. The van der Waals surface area contributed by atoms with Crippen molar-refractivity contribution in [2.24, 2.45) is 17.6 Å². The number of nitrogens with zero attached hydrogens (tertiary/aromatic N) is 1. The Labute approximate surface area is 132 Å². The zero-order valence-corrected chi connectivity index (χ0v) is 12.3. The molecule has 5 rings (SSSR count). The first-order chi connectivity index (χ1) is 11.2. The van der Waals surface area contributed by atoms with Crippen LogP contribution in [-0.2, 0) is 19.1 Å². The van der Waals surface area contributed by atoms with Gasteiger partial charge in [-0.1, -0.05) is 24.3 Å². The maximum atomic E-state index is 12.8. The summed E-state index contributed by atoms with van der Waals surface area (Å²) < 4.78 is 11.1. The number of rotatable bonds is 1. The second-order valence-electron chi connectivity index (χ2n) is 6.53. The van der Waals surface area contributed by atoms with Crippen molar-refractivity contribution in [1.29, 1.82) is 0 Å². The Morgan fingerprint density at radius 3 is 2.96 bits per heavy atom. The summed E-state index contributed by atoms with van der Waals surface area (Å²) in [6.45, 7) is 0.341. The van der Waals surface area contributed by atoms with Crippen LogP contribution >= 0.6 is 0 Å². The summed E-state index contributed by atoms with van der Waals surface area (Å²) in [6.07, 6.45) is 2.81. The number of primary amides is 1. The molecule has 3 saturated heterocycles. The normalized spacial score (nSPS) is 39.8. The average molecular weight is 312 g/mol. The molecule has 0 radical (unpaired) electrons. The number of carbonyl (C=O) groups excluding carboxylic acids is 2. The molecule has 0 spiro atoms. The molecule has 4 aliphatic heterocycles. The molecule has 0 aliphatic carbocycles. The van der Waals surface area contributed by atoms with Crippen LogP contribution in [0.3, 0.4) is 0 Å². The number of benzene rings is 1. The van der Waals surface area contributed by atoms with E-state index in [9.17, 15) is 9.59 Å². The first-order valence-electron chi connectivity index (χ1n) is 7.81. The monoisotopic (exact) mass is 312 g/mol. The lowest BCUT2D eigenvalue weighted by Gasteiger charge is -2.33. The van der Waals surface area contributed by atoms with Crippen molar-refractivity contribution in [3.63, 3.8) is 0 Å². The fraction of sp³-hybridized carbons (Fsp3) is 0.412. The highest BCUT2D eigenvalue weighted by atomic mass is 16.7. The van der Waals surface area contributed by atoms with Crippen molar-refractivity contribution in [2.45, 2.75) is 24.5 Å². The zero-order chi connectivity index (χ0) is 15.7. The van der Waals surface area contributed by atoms with E-state index in [1.165, 1.54) is 0 Å². The quantitative estimate of drug-likeness (QED) is 0.813. The minimum atomic E-state index is -0.798. The summed E-state index contributed by atoms with van der Waals surface area (Å²) in [5.74, 6) is -1.09. The summed E-state index contributed by atoms with van der Waals surface area (Å²) in [6, 6.07) is 7.23. The van der Waals surface area contributed by atoms with Crippen molar-refractivity contribution >= 4 is 17.8 Å². The molecule has 1 aromatic carbocycles. The van der Waals surface area contributed by atoms with Crippen molar-refractivity contribution in [2.75, 3.05) is 6.61 Å². The van der Waals surface area contributed by atoms with E-state index >= 15 is 0 Å². The predicted molar refractivity (Wildman–Crippen MR) is 79.6 cm³/mol. The van der Waals surface area contributed by atoms with Crippen LogP contribution in [0.2, 0.25) is 0 Å². The third-order valence-corrected chi connectivity index (χ3v) is 5.49. The molecule has 0 unspecified atom stereocenters. The van der Waals surface area contributed by atoms with E-state index in [1.807, 2.05) is 41.4 Å². The Kier molecular flexibility index (Phi) is 2.56. The molecule has 0 aromatic heterocycles. The van der Waals surface area contributed by atoms with Crippen LogP contribution in [-0.4, -0.2) is 41.6 Å². The topological polar surface area (TPSA) is 81.9 Å². The van der Waals surface area contributed by atoms with E-state index in [0.29, 0.717) is 6.61 Å². The first kappa shape index (κ1) is 13.3. The van der Waals surface area contributed by atoms with E-state index in [0.717, 1.165) is 11.1 Å². The molecule has 4 aliphatic rings. The van der Waals surface area contributed by atoms with Gasteiger partial charge in [0, 0.05) is 12.1 Å². The Hall–Kier alpha value is -2.18. The largest absolute Gasteiger partial charge is 0.368 e. The fourth-order valence-corrected chi connectivity index (χ4v) is 4.65. The summed E-state index contributed by atoms with van der Waals surface area (Å²) in [4.78, 5) is 26.9. The van der Waals surface area contributed by atoms with Crippen LogP contribution < -0.4 is 5.73 Å². The van der Waals surface area contributed by atoms with Crippen LogP contribution in [0.4, 0.5) is 0 Å². The van der Waals surface area contributed by atoms with Crippen LogP contribution in [0.1, 0.15) is 17.2 Å². The number of ketones is 1. The van der Waals surface area contributed by atoms with E-state index in [4.69, 9.17) is 15.2 Å². The third-order valence-electron chi connectivity index (χ3n) is 5.49. The highest BCUT2D eigenvalue weighted by molar-refractivity contribution is 5.91. The van der Waals surface area contributed by atoms with Crippen LogP contribution in [0.15, 0.2) is 30.5 Å². The third kappa shape index (κ3) is 1.59. The number of Topliss-reactive ketones (excluding diaryl/α,β-unsaturated/α-hetero) is 1. The van der Waals surface area contributed by atoms with Crippen molar-refractivity contribution in [1.82, 2.24) is 4.90 Å². The number of fused-ring (bicyclic) bond motifs is 8. The standard InChI is InChI=1S/C17H16N2O4/c18-16(21)14-11-10-7-22-17(23-10)15(20)12(11)13-9-4-2-1-3-8(9)5-6-19(13)14/h1-6,10-14,17H,7H2,(H2,18,21)/t10-,11+,12+,13-,14+,17-/m0/s1. The lowest BCUT2D eigenvalue weighted by molar-refractivity contribution is -0.165. The van der Waals surface area contributed by atoms with Gasteiger partial charge in [0.25, 0.3) is 0 Å². The molecule has 6 heteroatoms. The fourth-order valence-electron chi connectivity index (χ4n) is 4.65. The number of nitrogens with two attached hydrogens (primary N) is 1. The van der Waals surface area contributed by atoms with E-state index < -0.39 is 18.2 Å². The van der Waals surface area contributed by atoms with E-state index in [2.05, 4.69) is 0 Å². The molecule has 23 heavy (non-hydrogen) atoms. The molecule has 118 valence electrons. The second-order valence-corrected chi connectivity index (χ2v) is 6.53. The van der Waals surface area contributed by atoms with Gasteiger partial charge >= 0.3 is 0 Å². The molecule has 1 aromatic rings. The van der Waals surface area contributed by atoms with Gasteiger partial charge in [-0.3, -0.25) is 9.59 Å². The average Bonchev–Trinajstić information content (AvgIpc) is 3.13. The maximum Gasteiger partial charge on any atom is 0.240 e. The zero-order valence-electron chi connectivity index (χ0n) is 12.3. The van der Waals surface area contributed by atoms with Gasteiger partial charge in [0.15, 0.2) is 5.78 Å². The number of hydrogen-bond donors (Lipinski definition) is 1. The molecule has 2 bridgehead atoms. The number of amides is 1. The van der Waals surface area contributed by atoms with Crippen LogP contribution in [0.25, 0.3) is 6.08 Å². The molecular formula is C17H16N2O4. The number of carbonyl (C=O) groups is 2. The van der Waals surface area contributed by atoms with Gasteiger partial charge in [-0.25, -0.2) is 0 Å². The summed E-state index contributed by atoms with van der Waals surface area (Å²) >= 11 is 0. The molecule has 3 fully saturated rings. The lowest BCUT2D eigenvalue weighted by Crippen LogP contribution is -2.49. The SMILES string of the molecule is NC(=O)[C@H]1[C@H]2[C@@H](C(=O)[C@H]3OC[C@@H]2O3)[C@@H]2c3ccccc3C=CN12. The van der Waals surface area contributed by atoms with Gasteiger partial charge in [-0.05, 0) is 17.2 Å². The molecule has 6 atom stereocenters. The summed E-state index contributed by atoms with van der Waals surface area (Å²) in [5.41, 5.74) is 7.82. The van der Waals surface area contributed by atoms with E-state index in [-0.39, 0.29) is 29.8 Å². The van der Waals surface area contributed by atoms with Gasteiger partial charge in [0.2, 0.25) is 12.2 Å². The Morgan fingerprint density at radius 1 is 1.30 bits per heavy atom. The molecule has 1 amide bonds. The molecular weight excluding hydrogens is 296 g/mol. The highest BCUT2D eigenvalue weighted by Crippen LogP contribution is 2.53. The van der Waals surface area contributed by atoms with Crippen LogP contribution in [0.5, 0.6) is 0 Å². The molecule has 6 nitrogen and oxygen atoms in total. The van der Waals surface area contributed by atoms with Gasteiger partial charge < -0.3 is 20.1 Å². The van der Waals surface area contributed by atoms with Crippen molar-refractivity contribution in [3.8, 4) is 0 Å². The smallest absolute Gasteiger partial charge is 0.240 e. The van der Waals surface area contributed by atoms with E-state index in [1.54, 1.807) is 0 Å². The van der Waals surface area contributed by atoms with Crippen LogP contribution in [0, 0.1) is 11.8 Å². The predicted octanol–water partition coefficient (Wildman–Crippen LogP) is 0.438.